The van der Waals surface area contributed by atoms with Crippen molar-refractivity contribution in [3.63, 3.8) is 0 Å². The molecule has 0 N–H and O–H groups in total. The van der Waals surface area contributed by atoms with E-state index in [1.807, 2.05) is 0 Å². The van der Waals surface area contributed by atoms with Crippen LogP contribution in [0.4, 0.5) is 0 Å². The van der Waals surface area contributed by atoms with Gasteiger partial charge in [-0.1, -0.05) is 48.5 Å². The van der Waals surface area contributed by atoms with Crippen molar-refractivity contribution < 1.29 is 0 Å². The molecule has 0 aromatic heterocycles. The van der Waals surface area contributed by atoms with E-state index in [1.54, 1.807) is 0 Å². The molecule has 16 heavy (non-hydrogen) atoms. The fraction of sp³-hybridized carbons (Fsp3) is 1.00. The minimum absolute atomic E-state index is 0.446. The van der Waals surface area contributed by atoms with Crippen LogP contribution in [0.25, 0.3) is 0 Å². The van der Waals surface area contributed by atoms with Crippen LogP contribution in [0.3, 0.4) is 0 Å². The molecule has 0 aliphatic carbocycles. The molecule has 0 spiro atoms. The Morgan fingerprint density at radius 2 is 1.56 bits per heavy atom. The number of nitrogens with zero attached hydrogens (tertiary/aromatic N) is 1. The van der Waals surface area contributed by atoms with Crippen molar-refractivity contribution in [2.75, 3.05) is 20.1 Å². The van der Waals surface area contributed by atoms with E-state index in [-0.39, 0.29) is 0 Å². The Bertz CT molecular complexity index is 188. The van der Waals surface area contributed by atoms with Crippen LogP contribution in [-0.2, 0) is 0 Å². The van der Waals surface area contributed by atoms with Crippen LogP contribution in [0.1, 0.15) is 61.3 Å². The summed E-state index contributed by atoms with van der Waals surface area (Å²) in [5, 5.41) is 0. The Balaban J connectivity index is 3.95. The Hall–Kier alpha value is -0.0400. The highest BCUT2D eigenvalue weighted by Gasteiger charge is 2.21. The second kappa shape index (κ2) is 6.05. The lowest BCUT2D eigenvalue weighted by molar-refractivity contribution is 0.170. The molecule has 0 heterocycles. The minimum Gasteiger partial charge on any atom is -0.306 e. The number of rotatable bonds is 6. The van der Waals surface area contributed by atoms with Gasteiger partial charge in [-0.15, -0.1) is 0 Å². The lowest BCUT2D eigenvalue weighted by Gasteiger charge is -2.32. The third kappa shape index (κ3) is 6.52. The molecule has 1 atom stereocenters. The van der Waals surface area contributed by atoms with Crippen LogP contribution in [0, 0.1) is 16.7 Å². The highest BCUT2D eigenvalue weighted by atomic mass is 15.1. The molecular formula is C15H33N. The SMILES string of the molecule is CCC(C)(C)CN(C)CCC(C)C(C)(C)C. The van der Waals surface area contributed by atoms with Crippen molar-refractivity contribution in [3.05, 3.63) is 0 Å². The van der Waals surface area contributed by atoms with Crippen LogP contribution < -0.4 is 0 Å². The average Bonchev–Trinajstić information content (AvgIpc) is 2.12. The van der Waals surface area contributed by atoms with Crippen molar-refractivity contribution in [1.29, 1.82) is 0 Å². The summed E-state index contributed by atoms with van der Waals surface area (Å²) in [4.78, 5) is 2.49. The second-order valence-corrected chi connectivity index (χ2v) is 7.31. The maximum atomic E-state index is 2.49. The normalized spacial score (nSPS) is 15.6. The van der Waals surface area contributed by atoms with Crippen molar-refractivity contribution in [2.45, 2.75) is 61.3 Å². The largest absolute Gasteiger partial charge is 0.306 e. The molecule has 0 amide bonds. The van der Waals surface area contributed by atoms with Crippen molar-refractivity contribution >= 4 is 0 Å². The second-order valence-electron chi connectivity index (χ2n) is 7.31. The average molecular weight is 227 g/mol. The molecule has 0 aliphatic heterocycles. The molecule has 0 saturated carbocycles. The predicted molar refractivity (Wildman–Crippen MR) is 74.8 cm³/mol. The predicted octanol–water partition coefficient (Wildman–Crippen LogP) is 4.43. The fourth-order valence-electron chi connectivity index (χ4n) is 1.77. The maximum Gasteiger partial charge on any atom is 0.00295 e. The van der Waals surface area contributed by atoms with E-state index in [1.165, 1.54) is 25.9 Å². The van der Waals surface area contributed by atoms with Gasteiger partial charge < -0.3 is 4.90 Å². The van der Waals surface area contributed by atoms with Gasteiger partial charge in [0.05, 0.1) is 0 Å². The molecule has 1 heteroatoms. The molecule has 0 saturated heterocycles. The van der Waals surface area contributed by atoms with Gasteiger partial charge >= 0.3 is 0 Å². The van der Waals surface area contributed by atoms with E-state index < -0.39 is 0 Å². The molecule has 0 aliphatic rings. The summed E-state index contributed by atoms with van der Waals surface area (Å²) in [6.45, 7) is 18.8. The Labute approximate surface area is 104 Å². The lowest BCUT2D eigenvalue weighted by atomic mass is 9.80. The molecule has 1 unspecified atom stereocenters. The Kier molecular flexibility index (Phi) is 6.03. The van der Waals surface area contributed by atoms with Gasteiger partial charge in [0.25, 0.3) is 0 Å². The first-order valence-corrected chi connectivity index (χ1v) is 6.77. The van der Waals surface area contributed by atoms with Crippen molar-refractivity contribution in [2.24, 2.45) is 16.7 Å². The maximum absolute atomic E-state index is 2.49. The molecule has 0 radical (unpaired) electrons. The van der Waals surface area contributed by atoms with Gasteiger partial charge in [0.1, 0.15) is 0 Å². The van der Waals surface area contributed by atoms with Crippen LogP contribution in [0.5, 0.6) is 0 Å². The van der Waals surface area contributed by atoms with Crippen molar-refractivity contribution in [3.8, 4) is 0 Å². The summed E-state index contributed by atoms with van der Waals surface area (Å²) in [5.41, 5.74) is 0.904. The summed E-state index contributed by atoms with van der Waals surface area (Å²) in [6.07, 6.45) is 2.56. The molecule has 0 aromatic carbocycles. The molecule has 0 bridgehead atoms. The topological polar surface area (TPSA) is 3.24 Å². The molecular weight excluding hydrogens is 194 g/mol. The summed E-state index contributed by atoms with van der Waals surface area (Å²) in [7, 11) is 2.26. The molecule has 0 fully saturated rings. The monoisotopic (exact) mass is 227 g/mol. The zero-order valence-corrected chi connectivity index (χ0v) is 12.9. The smallest absolute Gasteiger partial charge is 0.00295 e. The summed E-state index contributed by atoms with van der Waals surface area (Å²) in [5.74, 6) is 0.791. The first-order valence-electron chi connectivity index (χ1n) is 6.77. The van der Waals surface area contributed by atoms with Crippen LogP contribution in [0.2, 0.25) is 0 Å². The van der Waals surface area contributed by atoms with Gasteiger partial charge in [-0.05, 0) is 43.2 Å². The van der Waals surface area contributed by atoms with Gasteiger partial charge in [0, 0.05) is 6.54 Å². The lowest BCUT2D eigenvalue weighted by Crippen LogP contribution is -2.33. The van der Waals surface area contributed by atoms with E-state index >= 15 is 0 Å². The number of hydrogen-bond acceptors (Lipinski definition) is 1. The van der Waals surface area contributed by atoms with E-state index in [9.17, 15) is 0 Å². The van der Waals surface area contributed by atoms with Crippen LogP contribution in [0.15, 0.2) is 0 Å². The van der Waals surface area contributed by atoms with Gasteiger partial charge in [0.2, 0.25) is 0 Å². The first-order chi connectivity index (χ1) is 7.08. The molecule has 1 nitrogen and oxygen atoms in total. The van der Waals surface area contributed by atoms with Crippen LogP contribution in [-0.4, -0.2) is 25.0 Å². The van der Waals surface area contributed by atoms with Gasteiger partial charge in [-0.2, -0.15) is 0 Å². The van der Waals surface area contributed by atoms with E-state index in [0.717, 1.165) is 5.92 Å². The van der Waals surface area contributed by atoms with Gasteiger partial charge in [-0.25, -0.2) is 0 Å². The van der Waals surface area contributed by atoms with E-state index in [0.29, 0.717) is 10.8 Å². The standard InChI is InChI=1S/C15H33N/c1-9-15(6,7)12-16(8)11-10-13(2)14(3,4)5/h13H,9-12H2,1-8H3. The zero-order valence-electron chi connectivity index (χ0n) is 12.9. The van der Waals surface area contributed by atoms with E-state index in [4.69, 9.17) is 0 Å². The van der Waals surface area contributed by atoms with Gasteiger partial charge in [-0.3, -0.25) is 0 Å². The Morgan fingerprint density at radius 3 is 1.94 bits per heavy atom. The summed E-state index contributed by atoms with van der Waals surface area (Å²) in [6, 6.07) is 0. The number of hydrogen-bond donors (Lipinski definition) is 0. The van der Waals surface area contributed by atoms with Crippen LogP contribution >= 0.6 is 0 Å². The summed E-state index contributed by atoms with van der Waals surface area (Å²) < 4.78 is 0. The minimum atomic E-state index is 0.446. The third-order valence-electron chi connectivity index (χ3n) is 4.08. The first kappa shape index (κ1) is 16.0. The highest BCUT2D eigenvalue weighted by molar-refractivity contribution is 4.74. The summed E-state index contributed by atoms with van der Waals surface area (Å²) >= 11 is 0. The van der Waals surface area contributed by atoms with Gasteiger partial charge in [0.15, 0.2) is 0 Å². The third-order valence-corrected chi connectivity index (χ3v) is 4.08. The zero-order chi connectivity index (χ0) is 13.0. The quantitative estimate of drug-likeness (QED) is 0.649. The Morgan fingerprint density at radius 1 is 1.06 bits per heavy atom. The molecule has 0 rings (SSSR count). The molecule has 98 valence electrons. The fourth-order valence-corrected chi connectivity index (χ4v) is 1.77. The molecule has 0 aromatic rings. The highest BCUT2D eigenvalue weighted by Crippen LogP contribution is 2.28. The van der Waals surface area contributed by atoms with Crippen molar-refractivity contribution in [1.82, 2.24) is 4.90 Å². The van der Waals surface area contributed by atoms with E-state index in [2.05, 4.69) is 60.4 Å².